The molecule has 1 heterocycles. The van der Waals surface area contributed by atoms with E-state index in [0.29, 0.717) is 5.75 Å². The summed E-state index contributed by atoms with van der Waals surface area (Å²) in [5.74, 6) is -0.574. The van der Waals surface area contributed by atoms with E-state index in [1.165, 1.54) is 12.3 Å². The van der Waals surface area contributed by atoms with Crippen molar-refractivity contribution in [3.63, 3.8) is 0 Å². The van der Waals surface area contributed by atoms with Gasteiger partial charge in [-0.2, -0.15) is 0 Å². The first-order chi connectivity index (χ1) is 8.58. The molecule has 0 atom stereocenters. The third kappa shape index (κ3) is 2.60. The molecule has 0 aliphatic carbocycles. The van der Waals surface area contributed by atoms with Gasteiger partial charge >= 0.3 is 5.97 Å². The molecule has 0 aliphatic heterocycles. The van der Waals surface area contributed by atoms with Crippen LogP contribution in [0.15, 0.2) is 41.1 Å². The second-order valence-electron chi connectivity index (χ2n) is 3.47. The molecule has 0 bridgehead atoms. The van der Waals surface area contributed by atoms with Gasteiger partial charge in [-0.1, -0.05) is 6.07 Å². The number of nitrogens with zero attached hydrogens (tertiary/aromatic N) is 1. The highest BCUT2D eigenvalue weighted by molar-refractivity contribution is 9.10. The highest BCUT2D eigenvalue weighted by atomic mass is 79.9. The lowest BCUT2D eigenvalue weighted by atomic mass is 10.2. The summed E-state index contributed by atoms with van der Waals surface area (Å²) in [6.07, 6.45) is 3.07. The number of anilines is 1. The van der Waals surface area contributed by atoms with E-state index in [1.54, 1.807) is 24.4 Å². The molecule has 0 saturated carbocycles. The fourth-order valence-corrected chi connectivity index (χ4v) is 1.75. The fourth-order valence-electron chi connectivity index (χ4n) is 1.40. The van der Waals surface area contributed by atoms with Crippen molar-refractivity contribution in [2.24, 2.45) is 0 Å². The van der Waals surface area contributed by atoms with Gasteiger partial charge in [-0.15, -0.1) is 0 Å². The Labute approximate surface area is 111 Å². The zero-order valence-electron chi connectivity index (χ0n) is 9.13. The van der Waals surface area contributed by atoms with Crippen molar-refractivity contribution in [3.8, 4) is 11.5 Å². The first kappa shape index (κ1) is 12.4. The number of para-hydroxylation sites is 1. The van der Waals surface area contributed by atoms with Crippen molar-refractivity contribution in [3.05, 3.63) is 46.7 Å². The molecule has 0 radical (unpaired) electrons. The minimum atomic E-state index is -1.10. The molecule has 2 aromatic rings. The van der Waals surface area contributed by atoms with Crippen LogP contribution < -0.4 is 10.5 Å². The Morgan fingerprint density at radius 2 is 2.17 bits per heavy atom. The molecule has 0 aliphatic rings. The van der Waals surface area contributed by atoms with Gasteiger partial charge in [0.1, 0.15) is 11.3 Å². The Bertz CT molecular complexity index is 602. The number of pyridine rings is 1. The van der Waals surface area contributed by atoms with Gasteiger partial charge in [-0.25, -0.2) is 4.79 Å². The van der Waals surface area contributed by atoms with E-state index < -0.39 is 5.97 Å². The smallest absolute Gasteiger partial charge is 0.339 e. The number of nitrogen functional groups attached to an aromatic ring is 1. The van der Waals surface area contributed by atoms with E-state index in [0.717, 1.165) is 4.47 Å². The second kappa shape index (κ2) is 5.05. The SMILES string of the molecule is Nc1cccc(C(=O)O)c1Oc1cncc(Br)c1. The van der Waals surface area contributed by atoms with E-state index in [4.69, 9.17) is 15.6 Å². The van der Waals surface area contributed by atoms with E-state index in [1.807, 2.05) is 0 Å². The number of aromatic nitrogens is 1. The number of carbonyl (C=O) groups is 1. The molecule has 6 heteroatoms. The quantitative estimate of drug-likeness (QED) is 0.851. The zero-order valence-corrected chi connectivity index (χ0v) is 10.7. The molecule has 3 N–H and O–H groups in total. The third-order valence-electron chi connectivity index (χ3n) is 2.18. The molecule has 0 saturated heterocycles. The Hall–Kier alpha value is -2.08. The normalized spacial score (nSPS) is 10.1. The lowest BCUT2D eigenvalue weighted by molar-refractivity contribution is 0.0694. The van der Waals surface area contributed by atoms with Crippen LogP contribution in [0.4, 0.5) is 5.69 Å². The first-order valence-corrected chi connectivity index (χ1v) is 5.77. The van der Waals surface area contributed by atoms with Gasteiger partial charge in [0.05, 0.1) is 11.9 Å². The summed E-state index contributed by atoms with van der Waals surface area (Å²) in [5, 5.41) is 9.06. The summed E-state index contributed by atoms with van der Waals surface area (Å²) in [6, 6.07) is 6.24. The van der Waals surface area contributed by atoms with Crippen molar-refractivity contribution in [1.82, 2.24) is 4.98 Å². The van der Waals surface area contributed by atoms with Crippen molar-refractivity contribution in [2.75, 3.05) is 5.73 Å². The van der Waals surface area contributed by atoms with Crippen molar-refractivity contribution in [2.45, 2.75) is 0 Å². The molecule has 92 valence electrons. The first-order valence-electron chi connectivity index (χ1n) is 4.98. The van der Waals surface area contributed by atoms with Crippen LogP contribution in [-0.2, 0) is 0 Å². The summed E-state index contributed by atoms with van der Waals surface area (Å²) in [7, 11) is 0. The molecular weight excluding hydrogens is 300 g/mol. The lowest BCUT2D eigenvalue weighted by Crippen LogP contribution is -2.03. The highest BCUT2D eigenvalue weighted by Gasteiger charge is 2.14. The average Bonchev–Trinajstić information content (AvgIpc) is 2.31. The third-order valence-corrected chi connectivity index (χ3v) is 2.61. The number of aromatic carboxylic acids is 1. The van der Waals surface area contributed by atoms with Crippen LogP contribution in [0.1, 0.15) is 10.4 Å². The molecule has 18 heavy (non-hydrogen) atoms. The summed E-state index contributed by atoms with van der Waals surface area (Å²) in [6.45, 7) is 0. The predicted molar refractivity (Wildman–Crippen MR) is 69.8 cm³/mol. The van der Waals surface area contributed by atoms with Crippen LogP contribution in [0.5, 0.6) is 11.5 Å². The van der Waals surface area contributed by atoms with Gasteiger partial charge in [0.15, 0.2) is 5.75 Å². The zero-order chi connectivity index (χ0) is 13.1. The topological polar surface area (TPSA) is 85.4 Å². The van der Waals surface area contributed by atoms with Crippen molar-refractivity contribution < 1.29 is 14.6 Å². The molecule has 2 rings (SSSR count). The number of carboxylic acids is 1. The van der Waals surface area contributed by atoms with Gasteiger partial charge in [-0.05, 0) is 34.1 Å². The van der Waals surface area contributed by atoms with Gasteiger partial charge in [-0.3, -0.25) is 4.98 Å². The standard InChI is InChI=1S/C12H9BrN2O3/c13-7-4-8(6-15-5-7)18-11-9(12(16)17)2-1-3-10(11)14/h1-6H,14H2,(H,16,17). The van der Waals surface area contributed by atoms with E-state index in [9.17, 15) is 4.79 Å². The Morgan fingerprint density at radius 1 is 1.39 bits per heavy atom. The molecule has 1 aromatic heterocycles. The molecular formula is C12H9BrN2O3. The number of nitrogens with two attached hydrogens (primary N) is 1. The van der Waals surface area contributed by atoms with Gasteiger partial charge < -0.3 is 15.6 Å². The van der Waals surface area contributed by atoms with Crippen molar-refractivity contribution in [1.29, 1.82) is 0 Å². The molecule has 0 spiro atoms. The summed E-state index contributed by atoms with van der Waals surface area (Å²) < 4.78 is 6.21. The minimum absolute atomic E-state index is 0.00924. The number of ether oxygens (including phenoxy) is 1. The largest absolute Gasteiger partial charge is 0.478 e. The maximum Gasteiger partial charge on any atom is 0.339 e. The highest BCUT2D eigenvalue weighted by Crippen LogP contribution is 2.31. The van der Waals surface area contributed by atoms with Crippen LogP contribution >= 0.6 is 15.9 Å². The van der Waals surface area contributed by atoms with E-state index in [2.05, 4.69) is 20.9 Å². The fraction of sp³-hybridized carbons (Fsp3) is 0. The molecule has 0 amide bonds. The number of carboxylic acid groups (broad SMARTS) is 1. The Kier molecular flexibility index (Phi) is 3.47. The molecule has 1 aromatic carbocycles. The van der Waals surface area contributed by atoms with Crippen LogP contribution in [0.25, 0.3) is 0 Å². The van der Waals surface area contributed by atoms with Gasteiger partial charge in [0, 0.05) is 10.7 Å². The van der Waals surface area contributed by atoms with E-state index >= 15 is 0 Å². The van der Waals surface area contributed by atoms with Crippen LogP contribution in [0.2, 0.25) is 0 Å². The van der Waals surface area contributed by atoms with Gasteiger partial charge in [0.2, 0.25) is 0 Å². The van der Waals surface area contributed by atoms with Crippen LogP contribution in [0.3, 0.4) is 0 Å². The maximum absolute atomic E-state index is 11.1. The summed E-state index contributed by atoms with van der Waals surface area (Å²) in [5.41, 5.74) is 5.99. The number of hydrogen-bond donors (Lipinski definition) is 2. The Morgan fingerprint density at radius 3 is 2.83 bits per heavy atom. The van der Waals surface area contributed by atoms with Crippen LogP contribution in [-0.4, -0.2) is 16.1 Å². The summed E-state index contributed by atoms with van der Waals surface area (Å²) >= 11 is 3.25. The van der Waals surface area contributed by atoms with Crippen LogP contribution in [0, 0.1) is 0 Å². The number of rotatable bonds is 3. The molecule has 0 fully saturated rings. The molecule has 5 nitrogen and oxygen atoms in total. The predicted octanol–water partition coefficient (Wildman–Crippen LogP) is 2.92. The second-order valence-corrected chi connectivity index (χ2v) is 4.39. The summed E-state index contributed by atoms with van der Waals surface area (Å²) in [4.78, 5) is 15.0. The molecule has 0 unspecified atom stereocenters. The van der Waals surface area contributed by atoms with Crippen molar-refractivity contribution >= 4 is 27.6 Å². The number of hydrogen-bond acceptors (Lipinski definition) is 4. The van der Waals surface area contributed by atoms with E-state index in [-0.39, 0.29) is 17.0 Å². The van der Waals surface area contributed by atoms with Gasteiger partial charge in [0.25, 0.3) is 0 Å². The minimum Gasteiger partial charge on any atom is -0.478 e. The number of halogens is 1. The number of benzene rings is 1. The average molecular weight is 309 g/mol. The Balaban J connectivity index is 2.42. The monoisotopic (exact) mass is 308 g/mol. The maximum atomic E-state index is 11.1. The lowest BCUT2D eigenvalue weighted by Gasteiger charge is -2.10.